The molecule has 3 aromatic carbocycles. The van der Waals surface area contributed by atoms with Crippen molar-refractivity contribution in [3.05, 3.63) is 77.6 Å². The van der Waals surface area contributed by atoms with Crippen LogP contribution < -0.4 is 19.1 Å². The third-order valence-electron chi connectivity index (χ3n) is 5.21. The fourth-order valence-corrected chi connectivity index (χ4v) is 5.87. The number of halogens is 2. The highest BCUT2D eigenvalue weighted by molar-refractivity contribution is 7.99. The summed E-state index contributed by atoms with van der Waals surface area (Å²) in [6.07, 6.45) is 0.675. The molecule has 0 fully saturated rings. The Hall–Kier alpha value is -2.95. The van der Waals surface area contributed by atoms with Crippen LogP contribution >= 0.6 is 23.4 Å². The normalized spacial score (nSPS) is 12.7. The Kier molecular flexibility index (Phi) is 8.60. The fourth-order valence-electron chi connectivity index (χ4n) is 3.46. The molecule has 1 heterocycles. The van der Waals surface area contributed by atoms with Crippen molar-refractivity contribution in [1.29, 1.82) is 0 Å². The minimum atomic E-state index is -4.22. The minimum absolute atomic E-state index is 0.0401. The van der Waals surface area contributed by atoms with Crippen LogP contribution in [0.4, 0.5) is 10.1 Å². The van der Waals surface area contributed by atoms with E-state index in [-0.39, 0.29) is 10.6 Å². The molecule has 1 amide bonds. The van der Waals surface area contributed by atoms with Gasteiger partial charge in [0.2, 0.25) is 5.91 Å². The molecule has 4 rings (SSSR count). The predicted octanol–water partition coefficient (Wildman–Crippen LogP) is 4.74. The Morgan fingerprint density at radius 2 is 1.78 bits per heavy atom. The van der Waals surface area contributed by atoms with Crippen LogP contribution in [0, 0.1) is 5.82 Å². The van der Waals surface area contributed by atoms with E-state index >= 15 is 0 Å². The van der Waals surface area contributed by atoms with Gasteiger partial charge in [0.25, 0.3) is 10.0 Å². The number of fused-ring (bicyclic) bond motifs is 1. The van der Waals surface area contributed by atoms with Crippen molar-refractivity contribution in [2.24, 2.45) is 0 Å². The fraction of sp³-hybridized carbons (Fsp3) is 0.240. The molecule has 0 bridgehead atoms. The van der Waals surface area contributed by atoms with Crippen molar-refractivity contribution in [3.8, 4) is 11.5 Å². The molecule has 7 nitrogen and oxygen atoms in total. The monoisotopic (exact) mass is 550 g/mol. The molecule has 0 radical (unpaired) electrons. The van der Waals surface area contributed by atoms with Crippen LogP contribution in [-0.2, 0) is 14.8 Å². The molecule has 0 spiro atoms. The number of nitrogens with zero attached hydrogens (tertiary/aromatic N) is 1. The quantitative estimate of drug-likeness (QED) is 0.290. The van der Waals surface area contributed by atoms with E-state index in [0.29, 0.717) is 42.7 Å². The Morgan fingerprint density at radius 1 is 1.03 bits per heavy atom. The topological polar surface area (TPSA) is 84.9 Å². The number of thioether (sulfide) groups is 1. The van der Waals surface area contributed by atoms with Gasteiger partial charge in [0.05, 0.1) is 10.6 Å². The summed E-state index contributed by atoms with van der Waals surface area (Å²) in [4.78, 5) is 13.7. The van der Waals surface area contributed by atoms with E-state index in [0.717, 1.165) is 21.0 Å². The molecule has 1 aliphatic heterocycles. The van der Waals surface area contributed by atoms with Crippen molar-refractivity contribution < 1.29 is 27.1 Å². The van der Waals surface area contributed by atoms with E-state index in [2.05, 4.69) is 5.32 Å². The molecule has 0 unspecified atom stereocenters. The number of sulfonamides is 1. The molecule has 0 aliphatic carbocycles. The number of anilines is 1. The highest BCUT2D eigenvalue weighted by Crippen LogP contribution is 2.34. The van der Waals surface area contributed by atoms with Gasteiger partial charge >= 0.3 is 0 Å². The molecule has 1 N–H and O–H groups in total. The molecule has 190 valence electrons. The third-order valence-corrected chi connectivity index (χ3v) is 8.33. The zero-order valence-electron chi connectivity index (χ0n) is 19.2. The van der Waals surface area contributed by atoms with E-state index in [9.17, 15) is 17.6 Å². The van der Waals surface area contributed by atoms with Gasteiger partial charge < -0.3 is 14.8 Å². The summed E-state index contributed by atoms with van der Waals surface area (Å²) in [6.45, 7) is 0.515. The second kappa shape index (κ2) is 11.9. The van der Waals surface area contributed by atoms with Gasteiger partial charge in [0.15, 0.2) is 11.5 Å². The second-order valence-electron chi connectivity index (χ2n) is 7.80. The van der Waals surface area contributed by atoms with Gasteiger partial charge in [0, 0.05) is 22.5 Å². The zero-order chi connectivity index (χ0) is 25.5. The average Bonchev–Trinajstić information content (AvgIpc) is 2.87. The standard InChI is InChI=1S/C25H24ClFN2O5S2/c26-18-5-7-21(8-6-18)35-14-2-11-28-25(30)17-29(20-4-1-3-19(27)15-20)36(31,32)22-9-10-23-24(16-22)34-13-12-33-23/h1,3-10,15-16H,2,11-14,17H2,(H,28,30). The van der Waals surface area contributed by atoms with Crippen LogP contribution in [0.15, 0.2) is 76.5 Å². The molecule has 0 aromatic heterocycles. The molecular weight excluding hydrogens is 527 g/mol. The lowest BCUT2D eigenvalue weighted by atomic mass is 10.3. The van der Waals surface area contributed by atoms with Crippen molar-refractivity contribution in [1.82, 2.24) is 5.32 Å². The largest absolute Gasteiger partial charge is 0.486 e. The molecule has 11 heteroatoms. The second-order valence-corrected chi connectivity index (χ2v) is 11.3. The molecule has 36 heavy (non-hydrogen) atoms. The van der Waals surface area contributed by atoms with Crippen molar-refractivity contribution in [3.63, 3.8) is 0 Å². The summed E-state index contributed by atoms with van der Waals surface area (Å²) >= 11 is 7.52. The number of ether oxygens (including phenoxy) is 2. The van der Waals surface area contributed by atoms with E-state index in [1.807, 2.05) is 24.3 Å². The number of rotatable bonds is 10. The van der Waals surface area contributed by atoms with Crippen LogP contribution in [0.1, 0.15) is 6.42 Å². The maximum absolute atomic E-state index is 14.0. The third kappa shape index (κ3) is 6.63. The minimum Gasteiger partial charge on any atom is -0.486 e. The first-order chi connectivity index (χ1) is 17.3. The summed E-state index contributed by atoms with van der Waals surface area (Å²) in [5.74, 6) is 0.368. The van der Waals surface area contributed by atoms with Crippen LogP contribution in [0.5, 0.6) is 11.5 Å². The van der Waals surface area contributed by atoms with Crippen LogP contribution in [0.25, 0.3) is 0 Å². The average molecular weight is 551 g/mol. The van der Waals surface area contributed by atoms with Crippen LogP contribution in [-0.4, -0.2) is 46.4 Å². The van der Waals surface area contributed by atoms with E-state index < -0.39 is 28.3 Å². The number of carbonyl (C=O) groups is 1. The molecule has 0 saturated heterocycles. The lowest BCUT2D eigenvalue weighted by molar-refractivity contribution is -0.119. The van der Waals surface area contributed by atoms with Gasteiger partial charge in [-0.2, -0.15) is 0 Å². The predicted molar refractivity (Wildman–Crippen MR) is 138 cm³/mol. The van der Waals surface area contributed by atoms with Crippen LogP contribution in [0.3, 0.4) is 0 Å². The Morgan fingerprint density at radius 3 is 2.53 bits per heavy atom. The first kappa shape index (κ1) is 26.1. The summed E-state index contributed by atoms with van der Waals surface area (Å²) in [5.41, 5.74) is 0.0401. The SMILES string of the molecule is O=C(CN(c1cccc(F)c1)S(=O)(=O)c1ccc2c(c1)OCCO2)NCCCSc1ccc(Cl)cc1. The molecule has 1 aliphatic rings. The molecule has 0 saturated carbocycles. The van der Waals surface area contributed by atoms with E-state index in [4.69, 9.17) is 21.1 Å². The summed E-state index contributed by atoms with van der Waals surface area (Å²) in [6, 6.07) is 16.8. The number of nitrogens with one attached hydrogen (secondary N) is 1. The van der Waals surface area contributed by atoms with Gasteiger partial charge in [-0.05, 0) is 66.8 Å². The Balaban J connectivity index is 1.43. The number of carbonyl (C=O) groups excluding carboxylic acids is 1. The number of hydrogen-bond acceptors (Lipinski definition) is 6. The van der Waals surface area contributed by atoms with E-state index in [1.165, 1.54) is 36.4 Å². The van der Waals surface area contributed by atoms with Gasteiger partial charge in [-0.1, -0.05) is 17.7 Å². The number of amides is 1. The van der Waals surface area contributed by atoms with E-state index in [1.54, 1.807) is 11.8 Å². The number of hydrogen-bond donors (Lipinski definition) is 1. The Labute approximate surface area is 218 Å². The smallest absolute Gasteiger partial charge is 0.264 e. The van der Waals surface area contributed by atoms with Gasteiger partial charge in [-0.15, -0.1) is 11.8 Å². The van der Waals surface area contributed by atoms with Crippen molar-refractivity contribution >= 4 is 45.0 Å². The lowest BCUT2D eigenvalue weighted by Crippen LogP contribution is -2.41. The van der Waals surface area contributed by atoms with Gasteiger partial charge in [0.1, 0.15) is 25.6 Å². The Bertz CT molecular complexity index is 1320. The first-order valence-electron chi connectivity index (χ1n) is 11.2. The highest BCUT2D eigenvalue weighted by Gasteiger charge is 2.29. The number of benzene rings is 3. The lowest BCUT2D eigenvalue weighted by Gasteiger charge is -2.25. The summed E-state index contributed by atoms with van der Waals surface area (Å²) in [7, 11) is -4.22. The maximum Gasteiger partial charge on any atom is 0.264 e. The van der Waals surface area contributed by atoms with Gasteiger partial charge in [-0.3, -0.25) is 9.10 Å². The first-order valence-corrected chi connectivity index (χ1v) is 14.0. The van der Waals surface area contributed by atoms with Crippen LogP contribution in [0.2, 0.25) is 5.02 Å². The van der Waals surface area contributed by atoms with Crippen molar-refractivity contribution in [2.45, 2.75) is 16.2 Å². The van der Waals surface area contributed by atoms with Crippen molar-refractivity contribution in [2.75, 3.05) is 36.4 Å². The molecule has 3 aromatic rings. The zero-order valence-corrected chi connectivity index (χ0v) is 21.5. The maximum atomic E-state index is 14.0. The summed E-state index contributed by atoms with van der Waals surface area (Å²) < 4.78 is 52.9. The molecular formula is C25H24ClFN2O5S2. The highest BCUT2D eigenvalue weighted by atomic mass is 35.5. The summed E-state index contributed by atoms with van der Waals surface area (Å²) in [5, 5.41) is 3.42. The van der Waals surface area contributed by atoms with Gasteiger partial charge in [-0.25, -0.2) is 12.8 Å². The molecule has 0 atom stereocenters.